The lowest BCUT2D eigenvalue weighted by Gasteiger charge is -2.42. The van der Waals surface area contributed by atoms with Crippen LogP contribution in [0.15, 0.2) is 24.5 Å². The lowest BCUT2D eigenvalue weighted by molar-refractivity contribution is -0.137. The van der Waals surface area contributed by atoms with Crippen molar-refractivity contribution in [2.75, 3.05) is 6.54 Å². The van der Waals surface area contributed by atoms with Gasteiger partial charge in [-0.15, -0.1) is 0 Å². The maximum absolute atomic E-state index is 12.8. The zero-order valence-electron chi connectivity index (χ0n) is 13.6. The first-order valence-electron chi connectivity index (χ1n) is 8.22. The van der Waals surface area contributed by atoms with Crippen LogP contribution in [0.5, 0.6) is 0 Å². The average Bonchev–Trinajstić information content (AvgIpc) is 2.48. The van der Waals surface area contributed by atoms with E-state index in [1.807, 2.05) is 12.1 Å². The Bertz CT molecular complexity index is 458. The maximum Gasteiger partial charge on any atom is 0.226 e. The van der Waals surface area contributed by atoms with E-state index in [4.69, 9.17) is 0 Å². The first-order chi connectivity index (χ1) is 10.0. The van der Waals surface area contributed by atoms with Gasteiger partial charge in [0, 0.05) is 18.9 Å². The van der Waals surface area contributed by atoms with Crippen LogP contribution in [0.4, 0.5) is 0 Å². The van der Waals surface area contributed by atoms with Gasteiger partial charge >= 0.3 is 0 Å². The summed E-state index contributed by atoms with van der Waals surface area (Å²) in [5.41, 5.74) is 1.07. The fraction of sp³-hybridized carbons (Fsp3) is 0.667. The van der Waals surface area contributed by atoms with E-state index in [-0.39, 0.29) is 11.3 Å². The molecule has 116 valence electrons. The van der Waals surface area contributed by atoms with Gasteiger partial charge < -0.3 is 5.32 Å². The molecular weight excluding hydrogens is 260 g/mol. The Balaban J connectivity index is 1.93. The Hall–Kier alpha value is -1.38. The number of pyridine rings is 1. The predicted molar refractivity (Wildman–Crippen MR) is 85.9 cm³/mol. The van der Waals surface area contributed by atoms with E-state index in [0.29, 0.717) is 18.4 Å². The minimum atomic E-state index is -0.157. The van der Waals surface area contributed by atoms with E-state index in [2.05, 4.69) is 31.1 Å². The standard InChI is InChI=1S/C18H28N2O/c1-14(2)18(9-4-5-15(3)13-18)17(21)20-12-8-16-6-10-19-11-7-16/h6-7,10-11,14-15H,4-5,8-9,12-13H2,1-3H3,(H,20,21). The lowest BCUT2D eigenvalue weighted by Crippen LogP contribution is -2.47. The molecule has 1 fully saturated rings. The van der Waals surface area contributed by atoms with Gasteiger partial charge in [0.1, 0.15) is 0 Å². The fourth-order valence-electron chi connectivity index (χ4n) is 3.63. The van der Waals surface area contributed by atoms with Crippen molar-refractivity contribution >= 4 is 5.91 Å². The Morgan fingerprint density at radius 2 is 2.14 bits per heavy atom. The van der Waals surface area contributed by atoms with E-state index >= 15 is 0 Å². The molecule has 0 radical (unpaired) electrons. The van der Waals surface area contributed by atoms with Gasteiger partial charge in [-0.05, 0) is 48.8 Å². The summed E-state index contributed by atoms with van der Waals surface area (Å²) in [7, 11) is 0. The summed E-state index contributed by atoms with van der Waals surface area (Å²) in [5.74, 6) is 1.33. The second kappa shape index (κ2) is 7.06. The highest BCUT2D eigenvalue weighted by molar-refractivity contribution is 5.83. The summed E-state index contributed by atoms with van der Waals surface area (Å²) in [6.07, 6.45) is 8.99. The molecule has 3 nitrogen and oxygen atoms in total. The van der Waals surface area contributed by atoms with Crippen molar-refractivity contribution in [3.05, 3.63) is 30.1 Å². The SMILES string of the molecule is CC1CCCC(C(=O)NCCc2ccncc2)(C(C)C)C1. The van der Waals surface area contributed by atoms with Gasteiger partial charge in [-0.3, -0.25) is 9.78 Å². The molecule has 1 heterocycles. The van der Waals surface area contributed by atoms with Gasteiger partial charge in [0.15, 0.2) is 0 Å². The highest BCUT2D eigenvalue weighted by Crippen LogP contribution is 2.44. The highest BCUT2D eigenvalue weighted by Gasteiger charge is 2.43. The number of carbonyl (C=O) groups excluding carboxylic acids is 1. The van der Waals surface area contributed by atoms with Gasteiger partial charge in [0.05, 0.1) is 5.41 Å². The monoisotopic (exact) mass is 288 g/mol. The third-order valence-corrected chi connectivity index (χ3v) is 5.04. The van der Waals surface area contributed by atoms with E-state index in [1.54, 1.807) is 12.4 Å². The van der Waals surface area contributed by atoms with Gasteiger partial charge in [-0.1, -0.05) is 33.6 Å². The Morgan fingerprint density at radius 3 is 2.76 bits per heavy atom. The predicted octanol–water partition coefficient (Wildman–Crippen LogP) is 3.59. The molecule has 0 aliphatic heterocycles. The number of rotatable bonds is 5. The molecule has 21 heavy (non-hydrogen) atoms. The highest BCUT2D eigenvalue weighted by atomic mass is 16.2. The van der Waals surface area contributed by atoms with Crippen LogP contribution < -0.4 is 5.32 Å². The summed E-state index contributed by atoms with van der Waals surface area (Å²) in [6, 6.07) is 4.01. The van der Waals surface area contributed by atoms with Crippen molar-refractivity contribution in [2.45, 2.75) is 52.9 Å². The summed E-state index contributed by atoms with van der Waals surface area (Å²) < 4.78 is 0. The molecule has 2 unspecified atom stereocenters. The zero-order valence-corrected chi connectivity index (χ0v) is 13.6. The number of amides is 1. The van der Waals surface area contributed by atoms with Gasteiger partial charge in [-0.25, -0.2) is 0 Å². The number of nitrogens with one attached hydrogen (secondary N) is 1. The van der Waals surface area contributed by atoms with Crippen molar-refractivity contribution in [3.63, 3.8) is 0 Å². The Morgan fingerprint density at radius 1 is 1.43 bits per heavy atom. The quantitative estimate of drug-likeness (QED) is 0.899. The van der Waals surface area contributed by atoms with Crippen LogP contribution in [0, 0.1) is 17.3 Å². The van der Waals surface area contributed by atoms with Gasteiger partial charge in [-0.2, -0.15) is 0 Å². The number of nitrogens with zero attached hydrogens (tertiary/aromatic N) is 1. The topological polar surface area (TPSA) is 42.0 Å². The summed E-state index contributed by atoms with van der Waals surface area (Å²) in [5, 5.41) is 3.18. The van der Waals surface area contributed by atoms with Crippen LogP contribution in [0.25, 0.3) is 0 Å². The normalized spacial score (nSPS) is 25.8. The molecule has 1 aromatic heterocycles. The van der Waals surface area contributed by atoms with E-state index in [1.165, 1.54) is 18.4 Å². The Labute approximate surface area is 128 Å². The zero-order chi connectivity index (χ0) is 15.3. The van der Waals surface area contributed by atoms with Crippen molar-refractivity contribution < 1.29 is 4.79 Å². The summed E-state index contributed by atoms with van der Waals surface area (Å²) in [6.45, 7) is 7.38. The van der Waals surface area contributed by atoms with E-state index in [9.17, 15) is 4.79 Å². The molecule has 1 amide bonds. The molecule has 2 rings (SSSR count). The average molecular weight is 288 g/mol. The van der Waals surface area contributed by atoms with Crippen LogP contribution >= 0.6 is 0 Å². The van der Waals surface area contributed by atoms with Gasteiger partial charge in [0.2, 0.25) is 5.91 Å². The molecule has 1 aliphatic rings. The van der Waals surface area contributed by atoms with Crippen molar-refractivity contribution in [1.82, 2.24) is 10.3 Å². The molecule has 1 saturated carbocycles. The molecule has 1 aromatic rings. The molecular formula is C18H28N2O. The second-order valence-electron chi connectivity index (χ2n) is 6.87. The van der Waals surface area contributed by atoms with Crippen molar-refractivity contribution in [2.24, 2.45) is 17.3 Å². The van der Waals surface area contributed by atoms with Crippen LogP contribution in [0.3, 0.4) is 0 Å². The minimum absolute atomic E-state index is 0.157. The third kappa shape index (κ3) is 3.84. The molecule has 0 spiro atoms. The Kier molecular flexibility index (Phi) is 5.38. The first kappa shape index (κ1) is 16.0. The lowest BCUT2D eigenvalue weighted by atomic mass is 9.63. The molecule has 3 heteroatoms. The molecule has 0 aromatic carbocycles. The second-order valence-corrected chi connectivity index (χ2v) is 6.87. The van der Waals surface area contributed by atoms with Crippen molar-refractivity contribution in [1.29, 1.82) is 0 Å². The molecule has 1 N–H and O–H groups in total. The summed E-state index contributed by atoms with van der Waals surface area (Å²) >= 11 is 0. The fourth-order valence-corrected chi connectivity index (χ4v) is 3.63. The van der Waals surface area contributed by atoms with Crippen LogP contribution in [0.1, 0.15) is 52.0 Å². The molecule has 1 aliphatic carbocycles. The number of hydrogen-bond acceptors (Lipinski definition) is 2. The summed E-state index contributed by atoms with van der Waals surface area (Å²) in [4.78, 5) is 16.8. The number of aromatic nitrogens is 1. The molecule has 0 bridgehead atoms. The first-order valence-corrected chi connectivity index (χ1v) is 8.22. The largest absolute Gasteiger partial charge is 0.355 e. The van der Waals surface area contributed by atoms with E-state index < -0.39 is 0 Å². The van der Waals surface area contributed by atoms with Crippen LogP contribution in [-0.4, -0.2) is 17.4 Å². The van der Waals surface area contributed by atoms with E-state index in [0.717, 1.165) is 19.3 Å². The molecule has 2 atom stereocenters. The number of carbonyl (C=O) groups is 1. The van der Waals surface area contributed by atoms with Crippen molar-refractivity contribution in [3.8, 4) is 0 Å². The third-order valence-electron chi connectivity index (χ3n) is 5.04. The maximum atomic E-state index is 12.8. The molecule has 0 saturated heterocycles. The van der Waals surface area contributed by atoms with Crippen LogP contribution in [-0.2, 0) is 11.2 Å². The van der Waals surface area contributed by atoms with Crippen LogP contribution in [0.2, 0.25) is 0 Å². The number of hydrogen-bond donors (Lipinski definition) is 1. The minimum Gasteiger partial charge on any atom is -0.355 e. The smallest absolute Gasteiger partial charge is 0.226 e. The van der Waals surface area contributed by atoms with Gasteiger partial charge in [0.25, 0.3) is 0 Å².